The molecule has 0 unspecified atom stereocenters. The molecule has 0 saturated heterocycles. The monoisotopic (exact) mass is 587 g/mol. The van der Waals surface area contributed by atoms with Crippen LogP contribution >= 0.6 is 0 Å². The Balaban J connectivity index is 1.50. The lowest BCUT2D eigenvalue weighted by Gasteiger charge is -2.19. The van der Waals surface area contributed by atoms with Crippen molar-refractivity contribution in [3.8, 4) is 44.5 Å². The molecule has 0 aliphatic carbocycles. The van der Waals surface area contributed by atoms with E-state index in [0.29, 0.717) is 38.2 Å². The molecule has 0 aliphatic rings. The maximum Gasteiger partial charge on any atom is 0.143 e. The van der Waals surface area contributed by atoms with Crippen molar-refractivity contribution in [3.63, 3.8) is 0 Å². The van der Waals surface area contributed by atoms with E-state index in [4.69, 9.17) is 19.5 Å². The normalized spacial score (nSPS) is 16.2. The zero-order valence-corrected chi connectivity index (χ0v) is 23.4. The van der Waals surface area contributed by atoms with Gasteiger partial charge in [0.1, 0.15) is 11.2 Å². The first-order valence-corrected chi connectivity index (χ1v) is 14.2. The SMILES string of the molecule is [2H]c1c([2H])c([2H])c(-c2c([2H])c([2H])c(-c3c4ccccc4c(-c4c([2H])c([2H])c(-c5ccccc5)c([2H])c4[2H])c4ccccc34)c3c2oc2c([2H])c([2H])c([2H])c([2H])c23)c([2H])c1[2H]. The second-order valence-corrected chi connectivity index (χ2v) is 10.5. The van der Waals surface area contributed by atoms with Gasteiger partial charge in [-0.1, -0.05) is 157 Å². The number of para-hydroxylation sites is 1. The predicted octanol–water partition coefficient (Wildman–Crippen LogP) is 12.6. The Kier molecular flexibility index (Phi) is 3.39. The fourth-order valence-electron chi connectivity index (χ4n) is 6.07. The van der Waals surface area contributed by atoms with Crippen molar-refractivity contribution >= 4 is 43.5 Å². The summed E-state index contributed by atoms with van der Waals surface area (Å²) in [6.07, 6.45) is 0. The smallest absolute Gasteiger partial charge is 0.143 e. The van der Waals surface area contributed by atoms with Crippen LogP contribution in [-0.2, 0) is 0 Å². The minimum absolute atomic E-state index is 0.00664. The molecule has 1 heterocycles. The lowest BCUT2D eigenvalue weighted by atomic mass is 9.84. The van der Waals surface area contributed by atoms with E-state index in [1.165, 1.54) is 0 Å². The molecule has 9 rings (SSSR count). The average Bonchev–Trinajstić information content (AvgIpc) is 3.65. The maximum atomic E-state index is 9.74. The van der Waals surface area contributed by atoms with Crippen LogP contribution in [0.4, 0.5) is 0 Å². The molecule has 0 saturated carbocycles. The number of hydrogen-bond donors (Lipinski definition) is 0. The highest BCUT2D eigenvalue weighted by molar-refractivity contribution is 6.26. The Morgan fingerprint density at radius 3 is 1.62 bits per heavy atom. The first-order chi connectivity index (χ1) is 28.6. The van der Waals surface area contributed by atoms with Crippen LogP contribution in [0.25, 0.3) is 88.0 Å². The highest BCUT2D eigenvalue weighted by atomic mass is 16.3. The minimum atomic E-state index is -0.701. The summed E-state index contributed by atoms with van der Waals surface area (Å²) in [6, 6.07) is 14.6. The van der Waals surface area contributed by atoms with Crippen molar-refractivity contribution in [3.05, 3.63) is 169 Å². The number of hydrogen-bond acceptors (Lipinski definition) is 1. The average molecular weight is 588 g/mol. The van der Waals surface area contributed by atoms with Gasteiger partial charge in [-0.25, -0.2) is 0 Å². The quantitative estimate of drug-likeness (QED) is 0.187. The van der Waals surface area contributed by atoms with E-state index in [1.807, 2.05) is 0 Å². The standard InChI is InChI=1S/C44H28O/c1-3-13-29(14-4-1)30-23-25-32(26-24-30)41-34-17-7-9-19-36(34)42(37-20-10-8-18-35(37)41)39-28-27-33(31-15-5-2-6-16-31)44-43(39)38-21-11-12-22-40(38)45-44/h1-28H/i2D,5D,6D,11D,12D,15D,16D,21D,22D,23D,24D,25D,26D,27D,28D. The van der Waals surface area contributed by atoms with Crippen molar-refractivity contribution in [2.75, 3.05) is 0 Å². The molecule has 9 aromatic rings. The van der Waals surface area contributed by atoms with Gasteiger partial charge in [-0.2, -0.15) is 0 Å². The lowest BCUT2D eigenvalue weighted by Crippen LogP contribution is -1.92. The summed E-state index contributed by atoms with van der Waals surface area (Å²) in [5, 5.41) is 1.54. The number of rotatable bonds is 4. The van der Waals surface area contributed by atoms with Crippen molar-refractivity contribution in [1.29, 1.82) is 0 Å². The molecular formula is C44H28O. The van der Waals surface area contributed by atoms with Crippen molar-refractivity contribution in [1.82, 2.24) is 0 Å². The third-order valence-corrected chi connectivity index (χ3v) is 7.99. The Morgan fingerprint density at radius 2 is 0.933 bits per heavy atom. The van der Waals surface area contributed by atoms with Crippen LogP contribution in [0.1, 0.15) is 20.6 Å². The minimum Gasteiger partial charge on any atom is -0.455 e. The number of fused-ring (bicyclic) bond motifs is 5. The molecule has 1 heteroatoms. The highest BCUT2D eigenvalue weighted by Crippen LogP contribution is 2.48. The molecule has 210 valence electrons. The molecule has 0 aliphatic heterocycles. The van der Waals surface area contributed by atoms with Crippen LogP contribution in [0.15, 0.2) is 174 Å². The van der Waals surface area contributed by atoms with E-state index < -0.39 is 72.0 Å². The third kappa shape index (κ3) is 4.09. The second kappa shape index (κ2) is 10.4. The first-order valence-electron chi connectivity index (χ1n) is 21.7. The molecule has 0 radical (unpaired) electrons. The number of benzene rings is 8. The van der Waals surface area contributed by atoms with Crippen LogP contribution in [0, 0.1) is 0 Å². The Bertz CT molecular complexity index is 3260. The summed E-state index contributed by atoms with van der Waals surface area (Å²) < 4.78 is 140. The maximum absolute atomic E-state index is 9.74. The van der Waals surface area contributed by atoms with Crippen LogP contribution in [0.3, 0.4) is 0 Å². The summed E-state index contributed by atoms with van der Waals surface area (Å²) in [5.74, 6) is 0. The predicted molar refractivity (Wildman–Crippen MR) is 190 cm³/mol. The molecular weight excluding hydrogens is 544 g/mol. The van der Waals surface area contributed by atoms with Gasteiger partial charge in [-0.15, -0.1) is 0 Å². The zero-order chi connectivity index (χ0) is 42.8. The summed E-state index contributed by atoms with van der Waals surface area (Å²) in [4.78, 5) is 0. The first kappa shape index (κ1) is 14.7. The topological polar surface area (TPSA) is 13.1 Å². The van der Waals surface area contributed by atoms with Gasteiger partial charge in [0.05, 0.1) is 20.6 Å². The molecule has 0 bridgehead atoms. The van der Waals surface area contributed by atoms with Crippen LogP contribution < -0.4 is 0 Å². The van der Waals surface area contributed by atoms with E-state index in [2.05, 4.69) is 0 Å². The van der Waals surface area contributed by atoms with Gasteiger partial charge in [-0.3, -0.25) is 0 Å². The van der Waals surface area contributed by atoms with E-state index in [1.54, 1.807) is 78.9 Å². The van der Waals surface area contributed by atoms with E-state index in [-0.39, 0.29) is 68.4 Å². The molecule has 8 aromatic carbocycles. The molecule has 0 fully saturated rings. The van der Waals surface area contributed by atoms with E-state index in [0.717, 1.165) is 0 Å². The van der Waals surface area contributed by atoms with Gasteiger partial charge in [0.25, 0.3) is 0 Å². The zero-order valence-electron chi connectivity index (χ0n) is 38.4. The molecule has 1 nitrogen and oxygen atoms in total. The molecule has 0 atom stereocenters. The fourth-order valence-corrected chi connectivity index (χ4v) is 6.07. The van der Waals surface area contributed by atoms with Crippen molar-refractivity contribution < 1.29 is 25.0 Å². The van der Waals surface area contributed by atoms with Crippen molar-refractivity contribution in [2.45, 2.75) is 0 Å². The lowest BCUT2D eigenvalue weighted by molar-refractivity contribution is 0.670. The Morgan fingerprint density at radius 1 is 0.378 bits per heavy atom. The van der Waals surface area contributed by atoms with Crippen molar-refractivity contribution in [2.24, 2.45) is 0 Å². The van der Waals surface area contributed by atoms with Gasteiger partial charge in [0, 0.05) is 16.3 Å². The summed E-state index contributed by atoms with van der Waals surface area (Å²) in [6.45, 7) is 0. The van der Waals surface area contributed by atoms with Crippen LogP contribution in [-0.4, -0.2) is 0 Å². The van der Waals surface area contributed by atoms with E-state index >= 15 is 0 Å². The summed E-state index contributed by atoms with van der Waals surface area (Å²) in [5.41, 5.74) is -0.0797. The van der Waals surface area contributed by atoms with Gasteiger partial charge < -0.3 is 4.42 Å². The summed E-state index contributed by atoms with van der Waals surface area (Å²) >= 11 is 0. The molecule has 1 aromatic heterocycles. The second-order valence-electron chi connectivity index (χ2n) is 10.5. The third-order valence-electron chi connectivity index (χ3n) is 7.99. The summed E-state index contributed by atoms with van der Waals surface area (Å²) in [7, 11) is 0. The Labute approximate surface area is 282 Å². The van der Waals surface area contributed by atoms with Gasteiger partial charge in [0.2, 0.25) is 0 Å². The van der Waals surface area contributed by atoms with Gasteiger partial charge >= 0.3 is 0 Å². The number of furan rings is 1. The van der Waals surface area contributed by atoms with E-state index in [9.17, 15) is 5.48 Å². The van der Waals surface area contributed by atoms with Gasteiger partial charge in [0.15, 0.2) is 0 Å². The Hall–Kier alpha value is -5.92. The molecule has 0 amide bonds. The molecule has 0 spiro atoms. The largest absolute Gasteiger partial charge is 0.455 e. The van der Waals surface area contributed by atoms with Crippen LogP contribution in [0.5, 0.6) is 0 Å². The molecule has 0 N–H and O–H groups in total. The van der Waals surface area contributed by atoms with Gasteiger partial charge in [-0.05, 0) is 72.6 Å². The fraction of sp³-hybridized carbons (Fsp3) is 0. The highest BCUT2D eigenvalue weighted by Gasteiger charge is 2.22. The van der Waals surface area contributed by atoms with Crippen LogP contribution in [0.2, 0.25) is 0 Å². The molecule has 45 heavy (non-hydrogen) atoms.